The molecule has 0 aromatic heterocycles. The zero-order valence-electron chi connectivity index (χ0n) is 17.8. The van der Waals surface area contributed by atoms with Crippen LogP contribution in [0.1, 0.15) is 33.1 Å². The second-order valence-corrected chi connectivity index (χ2v) is 8.49. The molecule has 30 heavy (non-hydrogen) atoms. The molecule has 0 saturated carbocycles. The van der Waals surface area contributed by atoms with Crippen molar-refractivity contribution in [3.63, 3.8) is 0 Å². The first-order valence-electron chi connectivity index (χ1n) is 10.0. The first kappa shape index (κ1) is 22.4. The molecule has 0 aromatic carbocycles. The molecule has 3 rings (SSSR count). The van der Waals surface area contributed by atoms with E-state index in [1.807, 2.05) is 11.0 Å². The van der Waals surface area contributed by atoms with E-state index in [-0.39, 0.29) is 30.8 Å². The van der Waals surface area contributed by atoms with Crippen molar-refractivity contribution in [3.05, 3.63) is 22.6 Å². The molecule has 3 atom stereocenters. The summed E-state index contributed by atoms with van der Waals surface area (Å²) >= 11 is 6.31. The molecular weight excluding hydrogens is 412 g/mol. The van der Waals surface area contributed by atoms with E-state index in [0.717, 1.165) is 0 Å². The molecular formula is C20H29ClN4O5. The van der Waals surface area contributed by atoms with Crippen LogP contribution in [0.25, 0.3) is 0 Å². The number of allylic oxidation sites excluding steroid dienone is 1. The van der Waals surface area contributed by atoms with Gasteiger partial charge in [-0.2, -0.15) is 0 Å². The Hall–Kier alpha value is -2.26. The van der Waals surface area contributed by atoms with Gasteiger partial charge in [0.1, 0.15) is 22.1 Å². The van der Waals surface area contributed by atoms with E-state index in [2.05, 4.69) is 22.5 Å². The van der Waals surface area contributed by atoms with Crippen molar-refractivity contribution >= 4 is 29.4 Å². The highest BCUT2D eigenvalue weighted by atomic mass is 35.5. The third kappa shape index (κ3) is 4.41. The Kier molecular flexibility index (Phi) is 6.62. The molecule has 166 valence electrons. The number of carbonyl (C=O) groups excluding carboxylic acids is 3. The molecule has 2 unspecified atom stereocenters. The van der Waals surface area contributed by atoms with Crippen LogP contribution in [0, 0.1) is 0 Å². The fraction of sp³-hybridized carbons (Fsp3) is 0.650. The maximum atomic E-state index is 12.7. The van der Waals surface area contributed by atoms with Gasteiger partial charge in [0.2, 0.25) is 5.91 Å². The normalized spacial score (nSPS) is 30.0. The molecule has 2 aliphatic heterocycles. The highest BCUT2D eigenvalue weighted by Crippen LogP contribution is 2.32. The summed E-state index contributed by atoms with van der Waals surface area (Å²) in [7, 11) is 3.18. The van der Waals surface area contributed by atoms with Gasteiger partial charge in [0.15, 0.2) is 0 Å². The minimum atomic E-state index is -1.04. The summed E-state index contributed by atoms with van der Waals surface area (Å²) in [6, 6.07) is -0.319. The maximum absolute atomic E-state index is 12.7. The molecule has 2 saturated heterocycles. The summed E-state index contributed by atoms with van der Waals surface area (Å²) in [5.74, 6) is 0.878. The zero-order chi connectivity index (χ0) is 22.1. The number of ether oxygens (including phenoxy) is 2. The molecule has 0 radical (unpaired) electrons. The van der Waals surface area contributed by atoms with E-state index < -0.39 is 17.5 Å². The van der Waals surface area contributed by atoms with Gasteiger partial charge in [0.05, 0.1) is 14.2 Å². The molecule has 1 aliphatic carbocycles. The van der Waals surface area contributed by atoms with Crippen LogP contribution in [0.4, 0.5) is 4.79 Å². The van der Waals surface area contributed by atoms with Crippen molar-refractivity contribution in [2.24, 2.45) is 0 Å². The predicted molar refractivity (Wildman–Crippen MR) is 110 cm³/mol. The molecule has 2 heterocycles. The van der Waals surface area contributed by atoms with Crippen LogP contribution >= 0.6 is 11.6 Å². The molecule has 10 heteroatoms. The summed E-state index contributed by atoms with van der Waals surface area (Å²) in [5.41, 5.74) is -1.04. The highest BCUT2D eigenvalue weighted by Gasteiger charge is 2.42. The average Bonchev–Trinajstić information content (AvgIpc) is 2.98. The van der Waals surface area contributed by atoms with Crippen LogP contribution in [-0.2, 0) is 19.1 Å². The number of hydrogen-bond donors (Lipinski definition) is 2. The SMILES string of the molecule is COC1=CC(N2CCN(C(=O)CCC3(C)NC(=O)NC3=O)C[C@@H]2C)CC(OC)=C1Cl. The summed E-state index contributed by atoms with van der Waals surface area (Å²) in [5, 5.41) is 5.31. The van der Waals surface area contributed by atoms with Crippen LogP contribution in [0.5, 0.6) is 0 Å². The Morgan fingerprint density at radius 1 is 1.30 bits per heavy atom. The molecule has 2 fully saturated rings. The third-order valence-electron chi connectivity index (χ3n) is 6.08. The lowest BCUT2D eigenvalue weighted by molar-refractivity contribution is -0.135. The number of piperazine rings is 1. The van der Waals surface area contributed by atoms with E-state index in [1.54, 1.807) is 21.1 Å². The van der Waals surface area contributed by atoms with E-state index in [9.17, 15) is 14.4 Å². The molecule has 0 aromatic rings. The van der Waals surface area contributed by atoms with E-state index in [1.165, 1.54) is 0 Å². The van der Waals surface area contributed by atoms with Crippen LogP contribution < -0.4 is 10.6 Å². The first-order chi connectivity index (χ1) is 14.2. The number of rotatable bonds is 6. The summed E-state index contributed by atoms with van der Waals surface area (Å²) in [6.45, 7) is 5.59. The van der Waals surface area contributed by atoms with Gasteiger partial charge >= 0.3 is 6.03 Å². The van der Waals surface area contributed by atoms with Crippen LogP contribution in [0.3, 0.4) is 0 Å². The fourth-order valence-corrected chi connectivity index (χ4v) is 4.52. The number of carbonyl (C=O) groups is 3. The van der Waals surface area contributed by atoms with Gasteiger partial charge < -0.3 is 19.7 Å². The van der Waals surface area contributed by atoms with Gasteiger partial charge in [0.25, 0.3) is 5.91 Å². The van der Waals surface area contributed by atoms with Gasteiger partial charge in [-0.25, -0.2) is 4.79 Å². The number of methoxy groups -OCH3 is 2. The average molecular weight is 441 g/mol. The monoisotopic (exact) mass is 440 g/mol. The van der Waals surface area contributed by atoms with Crippen molar-refractivity contribution in [1.82, 2.24) is 20.4 Å². The Balaban J connectivity index is 1.57. The molecule has 0 bridgehead atoms. The van der Waals surface area contributed by atoms with Gasteiger partial charge in [-0.05, 0) is 26.3 Å². The van der Waals surface area contributed by atoms with Crippen LogP contribution in [0.15, 0.2) is 22.6 Å². The van der Waals surface area contributed by atoms with E-state index >= 15 is 0 Å². The van der Waals surface area contributed by atoms with Crippen molar-refractivity contribution in [2.45, 2.75) is 50.7 Å². The smallest absolute Gasteiger partial charge is 0.322 e. The zero-order valence-corrected chi connectivity index (χ0v) is 18.5. The Labute approximate surface area is 181 Å². The minimum absolute atomic E-state index is 0.0195. The number of nitrogens with zero attached hydrogens (tertiary/aromatic N) is 2. The topological polar surface area (TPSA) is 100 Å². The van der Waals surface area contributed by atoms with Crippen molar-refractivity contribution in [1.29, 1.82) is 0 Å². The van der Waals surface area contributed by atoms with Crippen molar-refractivity contribution < 1.29 is 23.9 Å². The lowest BCUT2D eigenvalue weighted by Crippen LogP contribution is -2.57. The largest absolute Gasteiger partial charge is 0.499 e. The van der Waals surface area contributed by atoms with Crippen LogP contribution in [0.2, 0.25) is 0 Å². The standard InChI is InChI=1S/C20H29ClN4O5/c1-12-11-24(16(26)5-6-20(2)18(27)22-19(28)23-20)7-8-25(12)13-9-14(29-3)17(21)15(10-13)30-4/h9,12-13H,5-8,10-11H2,1-4H3,(H2,22,23,27,28)/t12-,13?,20?/m0/s1. The minimum Gasteiger partial charge on any atom is -0.499 e. The van der Waals surface area contributed by atoms with Gasteiger partial charge in [-0.15, -0.1) is 0 Å². The first-order valence-corrected chi connectivity index (χ1v) is 10.4. The lowest BCUT2D eigenvalue weighted by atomic mass is 9.95. The van der Waals surface area contributed by atoms with Gasteiger partial charge in [-0.1, -0.05) is 11.6 Å². The van der Waals surface area contributed by atoms with E-state index in [0.29, 0.717) is 42.6 Å². The molecule has 0 spiro atoms. The lowest BCUT2D eigenvalue weighted by Gasteiger charge is -2.44. The van der Waals surface area contributed by atoms with Crippen molar-refractivity contribution in [3.8, 4) is 0 Å². The predicted octanol–water partition coefficient (Wildman–Crippen LogP) is 1.30. The summed E-state index contributed by atoms with van der Waals surface area (Å²) in [6.07, 6.45) is 3.11. The number of imide groups is 1. The third-order valence-corrected chi connectivity index (χ3v) is 6.48. The quantitative estimate of drug-likeness (QED) is 0.604. The Morgan fingerprint density at radius 2 is 2.03 bits per heavy atom. The number of hydrogen-bond acceptors (Lipinski definition) is 6. The molecule has 3 aliphatic rings. The molecule has 2 N–H and O–H groups in total. The van der Waals surface area contributed by atoms with Gasteiger partial charge in [0, 0.05) is 44.6 Å². The van der Waals surface area contributed by atoms with Crippen molar-refractivity contribution in [2.75, 3.05) is 33.9 Å². The molecule has 9 nitrogen and oxygen atoms in total. The molecule has 4 amide bonds. The number of amides is 4. The summed E-state index contributed by atoms with van der Waals surface area (Å²) in [4.78, 5) is 40.2. The summed E-state index contributed by atoms with van der Waals surface area (Å²) < 4.78 is 10.8. The number of halogens is 1. The Bertz CT molecular complexity index is 798. The fourth-order valence-electron chi connectivity index (χ4n) is 4.23. The number of nitrogens with one attached hydrogen (secondary N) is 2. The second-order valence-electron chi connectivity index (χ2n) is 8.11. The maximum Gasteiger partial charge on any atom is 0.322 e. The highest BCUT2D eigenvalue weighted by molar-refractivity contribution is 6.32. The Morgan fingerprint density at radius 3 is 2.60 bits per heavy atom. The van der Waals surface area contributed by atoms with Gasteiger partial charge in [-0.3, -0.25) is 19.8 Å². The number of urea groups is 1. The second kappa shape index (κ2) is 8.85. The van der Waals surface area contributed by atoms with E-state index in [4.69, 9.17) is 21.1 Å². The van der Waals surface area contributed by atoms with Crippen LogP contribution in [-0.4, -0.2) is 79.1 Å².